The van der Waals surface area contributed by atoms with Crippen LogP contribution in [-0.4, -0.2) is 39.0 Å². The fraction of sp³-hybridized carbons (Fsp3) is 0.571. The van der Waals surface area contributed by atoms with E-state index >= 15 is 0 Å². The summed E-state index contributed by atoms with van der Waals surface area (Å²) in [5, 5.41) is 0. The molecule has 1 aliphatic heterocycles. The predicted molar refractivity (Wildman–Crippen MR) is 90.8 cm³/mol. The smallest absolute Gasteiger partial charge is 0.246 e. The topological polar surface area (TPSA) is 72.6 Å². The van der Waals surface area contributed by atoms with E-state index in [1.165, 1.54) is 17.5 Å². The van der Waals surface area contributed by atoms with E-state index in [2.05, 4.69) is 15.9 Å². The summed E-state index contributed by atoms with van der Waals surface area (Å²) >= 11 is 3.04. The highest BCUT2D eigenvalue weighted by atomic mass is 79.9. The summed E-state index contributed by atoms with van der Waals surface area (Å²) in [4.78, 5) is -0.135. The van der Waals surface area contributed by atoms with Crippen LogP contribution in [0.3, 0.4) is 0 Å². The monoisotopic (exact) mass is 428 g/mol. The van der Waals surface area contributed by atoms with Crippen molar-refractivity contribution in [3.05, 3.63) is 22.4 Å². The normalized spacial score (nSPS) is 27.6. The molecule has 5 nitrogen and oxygen atoms in total. The Bertz CT molecular complexity index is 704. The molecular weight excluding hydrogens is 411 g/mol. The van der Waals surface area contributed by atoms with Crippen LogP contribution < -0.4 is 10.5 Å². The second-order valence-corrected chi connectivity index (χ2v) is 8.67. The molecular formula is C14H19BrClFN2O3S. The minimum absolute atomic E-state index is 0. The minimum Gasteiger partial charge on any atom is -0.495 e. The van der Waals surface area contributed by atoms with Gasteiger partial charge in [0.05, 0.1) is 11.6 Å². The number of hydrogen-bond acceptors (Lipinski definition) is 4. The van der Waals surface area contributed by atoms with Gasteiger partial charge in [0, 0.05) is 19.1 Å². The Hall–Kier alpha value is -0.410. The summed E-state index contributed by atoms with van der Waals surface area (Å²) in [7, 11) is -2.43. The molecule has 2 aliphatic rings. The number of hydrogen-bond donors (Lipinski definition) is 1. The first kappa shape index (κ1) is 18.9. The average Bonchev–Trinajstić information content (AvgIpc) is 3.04. The van der Waals surface area contributed by atoms with E-state index in [0.717, 1.165) is 18.9 Å². The number of methoxy groups -OCH3 is 1. The molecule has 1 saturated carbocycles. The predicted octanol–water partition coefficient (Wildman–Crippen LogP) is 2.38. The Kier molecular flexibility index (Phi) is 5.62. The SMILES string of the molecule is COc1cc(Br)c(F)cc1S(=O)(=O)N1CC2CCC(N)C2C1.Cl. The van der Waals surface area contributed by atoms with Gasteiger partial charge < -0.3 is 10.5 Å². The van der Waals surface area contributed by atoms with E-state index in [9.17, 15) is 12.8 Å². The van der Waals surface area contributed by atoms with Crippen LogP contribution in [0.2, 0.25) is 0 Å². The fourth-order valence-electron chi connectivity index (χ4n) is 3.47. The highest BCUT2D eigenvalue weighted by Gasteiger charge is 2.45. The molecule has 2 N–H and O–H groups in total. The number of nitrogens with zero attached hydrogens (tertiary/aromatic N) is 1. The third-order valence-electron chi connectivity index (χ3n) is 4.70. The summed E-state index contributed by atoms with van der Waals surface area (Å²) < 4.78 is 46.2. The molecule has 0 amide bonds. The number of ether oxygens (including phenoxy) is 1. The summed E-state index contributed by atoms with van der Waals surface area (Å²) in [5.74, 6) is 0.00207. The van der Waals surface area contributed by atoms with Crippen molar-refractivity contribution in [2.75, 3.05) is 20.2 Å². The summed E-state index contributed by atoms with van der Waals surface area (Å²) in [6.45, 7) is 0.844. The molecule has 1 aromatic carbocycles. The van der Waals surface area contributed by atoms with E-state index in [0.29, 0.717) is 19.0 Å². The van der Waals surface area contributed by atoms with E-state index in [1.807, 2.05) is 0 Å². The fourth-order valence-corrected chi connectivity index (χ4v) is 5.48. The average molecular weight is 430 g/mol. The molecule has 1 saturated heterocycles. The zero-order valence-corrected chi connectivity index (χ0v) is 15.8. The van der Waals surface area contributed by atoms with Gasteiger partial charge in [0.2, 0.25) is 10.0 Å². The van der Waals surface area contributed by atoms with Crippen molar-refractivity contribution >= 4 is 38.4 Å². The summed E-state index contributed by atoms with van der Waals surface area (Å²) in [6.07, 6.45) is 1.89. The summed E-state index contributed by atoms with van der Waals surface area (Å²) in [6, 6.07) is 2.39. The highest BCUT2D eigenvalue weighted by Crippen LogP contribution is 2.41. The van der Waals surface area contributed by atoms with Gasteiger partial charge in [-0.25, -0.2) is 12.8 Å². The molecule has 3 unspecified atom stereocenters. The van der Waals surface area contributed by atoms with Crippen LogP contribution in [0.1, 0.15) is 12.8 Å². The Morgan fingerprint density at radius 3 is 2.65 bits per heavy atom. The highest BCUT2D eigenvalue weighted by molar-refractivity contribution is 9.10. The molecule has 2 fully saturated rings. The second-order valence-electron chi connectivity index (χ2n) is 5.90. The van der Waals surface area contributed by atoms with E-state index in [-0.39, 0.29) is 39.5 Å². The maximum absolute atomic E-state index is 13.8. The standard InChI is InChI=1S/C14H18BrFN2O3S.ClH/c1-21-13-4-10(15)11(16)5-14(13)22(19,20)18-6-8-2-3-12(17)9(8)7-18;/h4-5,8-9,12H,2-3,6-7,17H2,1H3;1H. The molecule has 1 heterocycles. The number of sulfonamides is 1. The Morgan fingerprint density at radius 2 is 2.04 bits per heavy atom. The lowest BCUT2D eigenvalue weighted by atomic mass is 9.98. The van der Waals surface area contributed by atoms with Crippen molar-refractivity contribution in [3.8, 4) is 5.75 Å². The van der Waals surface area contributed by atoms with E-state index < -0.39 is 15.8 Å². The Morgan fingerprint density at radius 1 is 1.35 bits per heavy atom. The molecule has 9 heteroatoms. The lowest BCUT2D eigenvalue weighted by Crippen LogP contribution is -2.33. The van der Waals surface area contributed by atoms with Crippen LogP contribution >= 0.6 is 28.3 Å². The van der Waals surface area contributed by atoms with Crippen molar-refractivity contribution in [1.82, 2.24) is 4.31 Å². The van der Waals surface area contributed by atoms with Crippen LogP contribution in [0.4, 0.5) is 4.39 Å². The first-order chi connectivity index (χ1) is 10.3. The minimum atomic E-state index is -3.79. The van der Waals surface area contributed by atoms with Gasteiger partial charge in [0.15, 0.2) is 0 Å². The first-order valence-corrected chi connectivity index (χ1v) is 9.36. The van der Waals surface area contributed by atoms with Crippen molar-refractivity contribution in [2.24, 2.45) is 17.6 Å². The van der Waals surface area contributed by atoms with Gasteiger partial charge in [-0.15, -0.1) is 12.4 Å². The van der Waals surface area contributed by atoms with Gasteiger partial charge in [-0.05, 0) is 52.7 Å². The molecule has 130 valence electrons. The van der Waals surface area contributed by atoms with E-state index in [1.54, 1.807) is 0 Å². The zero-order valence-electron chi connectivity index (χ0n) is 12.5. The van der Waals surface area contributed by atoms with Gasteiger partial charge in [-0.2, -0.15) is 4.31 Å². The lowest BCUT2D eigenvalue weighted by Gasteiger charge is -2.20. The van der Waals surface area contributed by atoms with Gasteiger partial charge in [0.25, 0.3) is 0 Å². The van der Waals surface area contributed by atoms with E-state index in [4.69, 9.17) is 10.5 Å². The van der Waals surface area contributed by atoms with Gasteiger partial charge >= 0.3 is 0 Å². The van der Waals surface area contributed by atoms with Crippen molar-refractivity contribution in [3.63, 3.8) is 0 Å². The summed E-state index contributed by atoms with van der Waals surface area (Å²) in [5.41, 5.74) is 6.05. The molecule has 3 atom stereocenters. The van der Waals surface area contributed by atoms with Gasteiger partial charge in [-0.3, -0.25) is 0 Å². The third kappa shape index (κ3) is 3.24. The van der Waals surface area contributed by atoms with Gasteiger partial charge in [-0.1, -0.05) is 0 Å². The van der Waals surface area contributed by atoms with Crippen molar-refractivity contribution < 1.29 is 17.5 Å². The zero-order chi connectivity index (χ0) is 16.1. The van der Waals surface area contributed by atoms with Crippen LogP contribution in [0, 0.1) is 17.7 Å². The number of nitrogens with two attached hydrogens (primary N) is 1. The second kappa shape index (κ2) is 6.84. The maximum Gasteiger partial charge on any atom is 0.246 e. The van der Waals surface area contributed by atoms with Gasteiger partial charge in [0.1, 0.15) is 16.5 Å². The third-order valence-corrected chi connectivity index (χ3v) is 7.16. The first-order valence-electron chi connectivity index (χ1n) is 7.13. The molecule has 0 radical (unpaired) electrons. The number of fused-ring (bicyclic) bond motifs is 1. The molecule has 3 rings (SSSR count). The molecule has 1 aliphatic carbocycles. The van der Waals surface area contributed by atoms with Crippen LogP contribution in [-0.2, 0) is 10.0 Å². The number of halogens is 3. The number of benzene rings is 1. The van der Waals surface area contributed by atoms with Crippen LogP contribution in [0.25, 0.3) is 0 Å². The molecule has 1 aromatic rings. The molecule has 0 spiro atoms. The van der Waals surface area contributed by atoms with Crippen molar-refractivity contribution in [2.45, 2.75) is 23.8 Å². The largest absolute Gasteiger partial charge is 0.495 e. The van der Waals surface area contributed by atoms with Crippen LogP contribution in [0.5, 0.6) is 5.75 Å². The Labute approximate surface area is 149 Å². The Balaban J connectivity index is 0.00000192. The molecule has 23 heavy (non-hydrogen) atoms. The van der Waals surface area contributed by atoms with Crippen LogP contribution in [0.15, 0.2) is 21.5 Å². The van der Waals surface area contributed by atoms with Crippen molar-refractivity contribution in [1.29, 1.82) is 0 Å². The maximum atomic E-state index is 13.8. The lowest BCUT2D eigenvalue weighted by molar-refractivity contribution is 0.392. The molecule has 0 aromatic heterocycles. The number of rotatable bonds is 3. The molecule has 0 bridgehead atoms. The quantitative estimate of drug-likeness (QED) is 0.801.